The summed E-state index contributed by atoms with van der Waals surface area (Å²) in [6, 6.07) is 12.5. The van der Waals surface area contributed by atoms with Crippen LogP contribution < -0.4 is 4.74 Å². The van der Waals surface area contributed by atoms with Crippen molar-refractivity contribution in [3.8, 4) is 11.5 Å². The van der Waals surface area contributed by atoms with Crippen molar-refractivity contribution in [2.75, 3.05) is 0 Å². The number of fused-ring (bicyclic) bond motifs is 1. The van der Waals surface area contributed by atoms with E-state index in [9.17, 15) is 14.5 Å². The lowest BCUT2D eigenvalue weighted by Crippen LogP contribution is -1.96. The zero-order valence-corrected chi connectivity index (χ0v) is 10.7. The molecular weight excluding hydrogens is 275 g/mol. The molecule has 0 bridgehead atoms. The van der Waals surface area contributed by atoms with Gasteiger partial charge in [-0.15, -0.1) is 0 Å². The van der Waals surface area contributed by atoms with Crippen LogP contribution in [0.5, 0.6) is 11.5 Å². The van der Waals surface area contributed by atoms with Crippen LogP contribution in [0.15, 0.2) is 54.7 Å². The molecule has 2 aromatic carbocycles. The van der Waals surface area contributed by atoms with Gasteiger partial charge in [-0.3, -0.25) is 15.1 Å². The second-order valence-corrected chi connectivity index (χ2v) is 4.30. The summed E-state index contributed by atoms with van der Waals surface area (Å²) in [7, 11) is 0. The molecule has 0 atom stereocenters. The maximum atomic E-state index is 13.5. The number of hydrogen-bond acceptors (Lipinski definition) is 4. The van der Waals surface area contributed by atoms with Crippen LogP contribution in [0.4, 0.5) is 10.1 Å². The molecule has 0 aliphatic carbocycles. The van der Waals surface area contributed by atoms with Crippen molar-refractivity contribution in [1.82, 2.24) is 4.98 Å². The Labute approximate surface area is 118 Å². The van der Waals surface area contributed by atoms with Gasteiger partial charge in [0, 0.05) is 17.6 Å². The summed E-state index contributed by atoms with van der Waals surface area (Å²) in [5.74, 6) is -0.721. The number of para-hydroxylation sites is 1. The third-order valence-electron chi connectivity index (χ3n) is 2.94. The molecule has 0 amide bonds. The molecule has 0 fully saturated rings. The lowest BCUT2D eigenvalue weighted by molar-refractivity contribution is -0.388. The van der Waals surface area contributed by atoms with Crippen LogP contribution >= 0.6 is 0 Å². The van der Waals surface area contributed by atoms with E-state index >= 15 is 0 Å². The van der Waals surface area contributed by atoms with E-state index in [-0.39, 0.29) is 5.75 Å². The largest absolute Gasteiger partial charge is 0.450 e. The first-order chi connectivity index (χ1) is 10.1. The zero-order chi connectivity index (χ0) is 14.8. The van der Waals surface area contributed by atoms with Crippen LogP contribution in [0, 0.1) is 15.9 Å². The lowest BCUT2D eigenvalue weighted by atomic mass is 10.2. The van der Waals surface area contributed by atoms with Crippen molar-refractivity contribution in [2.24, 2.45) is 0 Å². The maximum Gasteiger partial charge on any atom is 0.346 e. The SMILES string of the molecule is O=[N+]([O-])c1c(F)cccc1Oc1ccc2cccnc2c1. The zero-order valence-electron chi connectivity index (χ0n) is 10.7. The first kappa shape index (κ1) is 13.0. The molecule has 0 N–H and O–H groups in total. The fourth-order valence-electron chi connectivity index (χ4n) is 1.99. The van der Waals surface area contributed by atoms with Crippen molar-refractivity contribution >= 4 is 16.6 Å². The van der Waals surface area contributed by atoms with Gasteiger partial charge in [-0.2, -0.15) is 4.39 Å². The molecular formula is C15H9FN2O3. The fourth-order valence-corrected chi connectivity index (χ4v) is 1.99. The lowest BCUT2D eigenvalue weighted by Gasteiger charge is -2.07. The number of nitro benzene ring substituents is 1. The molecule has 0 aliphatic heterocycles. The normalized spacial score (nSPS) is 10.5. The Hall–Kier alpha value is -3.02. The van der Waals surface area contributed by atoms with Gasteiger partial charge in [-0.25, -0.2) is 0 Å². The van der Waals surface area contributed by atoms with Crippen LogP contribution in [-0.4, -0.2) is 9.91 Å². The molecule has 0 saturated carbocycles. The molecule has 0 unspecified atom stereocenters. The number of nitrogens with zero attached hydrogens (tertiary/aromatic N) is 2. The van der Waals surface area contributed by atoms with E-state index in [2.05, 4.69) is 4.98 Å². The molecule has 0 saturated heterocycles. The van der Waals surface area contributed by atoms with Gasteiger partial charge < -0.3 is 4.74 Å². The van der Waals surface area contributed by atoms with Gasteiger partial charge in [0.25, 0.3) is 0 Å². The summed E-state index contributed by atoms with van der Waals surface area (Å²) < 4.78 is 19.0. The Kier molecular flexibility index (Phi) is 3.19. The first-order valence-corrected chi connectivity index (χ1v) is 6.11. The number of aromatic nitrogens is 1. The van der Waals surface area contributed by atoms with E-state index in [4.69, 9.17) is 4.74 Å². The van der Waals surface area contributed by atoms with Crippen LogP contribution in [0.25, 0.3) is 10.9 Å². The average Bonchev–Trinajstić information content (AvgIpc) is 2.47. The second kappa shape index (κ2) is 5.16. The molecule has 5 nitrogen and oxygen atoms in total. The van der Waals surface area contributed by atoms with Gasteiger partial charge in [0.15, 0.2) is 0 Å². The number of hydrogen-bond donors (Lipinski definition) is 0. The Morgan fingerprint density at radius 3 is 2.81 bits per heavy atom. The standard InChI is InChI=1S/C15H9FN2O3/c16-12-4-1-5-14(15(12)18(19)20)21-11-7-6-10-3-2-8-17-13(10)9-11/h1-9H. The van der Waals surface area contributed by atoms with E-state index in [0.717, 1.165) is 11.5 Å². The van der Waals surface area contributed by atoms with Crippen LogP contribution in [-0.2, 0) is 0 Å². The Bertz CT molecular complexity index is 836. The van der Waals surface area contributed by atoms with Gasteiger partial charge in [0.1, 0.15) is 5.75 Å². The molecule has 104 valence electrons. The maximum absolute atomic E-state index is 13.5. The molecule has 0 aliphatic rings. The highest BCUT2D eigenvalue weighted by molar-refractivity contribution is 5.79. The highest BCUT2D eigenvalue weighted by Gasteiger charge is 2.21. The molecule has 3 rings (SSSR count). The van der Waals surface area contributed by atoms with Gasteiger partial charge in [0.2, 0.25) is 11.6 Å². The Morgan fingerprint density at radius 1 is 1.14 bits per heavy atom. The van der Waals surface area contributed by atoms with Crippen LogP contribution in [0.1, 0.15) is 0 Å². The highest BCUT2D eigenvalue weighted by Crippen LogP contribution is 2.34. The second-order valence-electron chi connectivity index (χ2n) is 4.30. The van der Waals surface area contributed by atoms with Crippen molar-refractivity contribution < 1.29 is 14.1 Å². The average molecular weight is 284 g/mol. The summed E-state index contributed by atoms with van der Waals surface area (Å²) in [6.07, 6.45) is 1.64. The van der Waals surface area contributed by atoms with E-state index in [1.807, 2.05) is 6.07 Å². The predicted molar refractivity (Wildman–Crippen MR) is 74.9 cm³/mol. The predicted octanol–water partition coefficient (Wildman–Crippen LogP) is 4.07. The smallest absolute Gasteiger partial charge is 0.346 e. The number of nitro groups is 1. The van der Waals surface area contributed by atoms with Crippen molar-refractivity contribution in [1.29, 1.82) is 0 Å². The number of halogens is 1. The quantitative estimate of drug-likeness (QED) is 0.537. The molecule has 6 heteroatoms. The minimum absolute atomic E-state index is 0.143. The minimum atomic E-state index is -0.934. The van der Waals surface area contributed by atoms with Gasteiger partial charge in [-0.05, 0) is 30.3 Å². The van der Waals surface area contributed by atoms with Crippen molar-refractivity contribution in [2.45, 2.75) is 0 Å². The van der Waals surface area contributed by atoms with E-state index < -0.39 is 16.4 Å². The summed E-state index contributed by atoms with van der Waals surface area (Å²) in [5, 5.41) is 11.8. The fraction of sp³-hybridized carbons (Fsp3) is 0. The number of ether oxygens (including phenoxy) is 1. The number of rotatable bonds is 3. The third kappa shape index (κ3) is 2.51. The number of benzene rings is 2. The van der Waals surface area contributed by atoms with Gasteiger partial charge in [0.05, 0.1) is 10.4 Å². The van der Waals surface area contributed by atoms with Gasteiger partial charge >= 0.3 is 5.69 Å². The first-order valence-electron chi connectivity index (χ1n) is 6.11. The summed E-state index contributed by atoms with van der Waals surface area (Å²) in [6.45, 7) is 0. The van der Waals surface area contributed by atoms with Crippen LogP contribution in [0.2, 0.25) is 0 Å². The molecule has 0 radical (unpaired) electrons. The summed E-state index contributed by atoms with van der Waals surface area (Å²) in [4.78, 5) is 14.3. The monoisotopic (exact) mass is 284 g/mol. The van der Waals surface area contributed by atoms with Crippen molar-refractivity contribution in [3.63, 3.8) is 0 Å². The molecule has 21 heavy (non-hydrogen) atoms. The Balaban J connectivity index is 2.02. The molecule has 0 spiro atoms. The topological polar surface area (TPSA) is 65.3 Å². The molecule has 1 aromatic heterocycles. The molecule has 3 aromatic rings. The van der Waals surface area contributed by atoms with Crippen LogP contribution in [0.3, 0.4) is 0 Å². The summed E-state index contributed by atoms with van der Waals surface area (Å²) in [5.41, 5.74) is 0.00711. The van der Waals surface area contributed by atoms with E-state index in [1.54, 1.807) is 30.5 Å². The highest BCUT2D eigenvalue weighted by atomic mass is 19.1. The van der Waals surface area contributed by atoms with Gasteiger partial charge in [-0.1, -0.05) is 12.1 Å². The molecule has 1 heterocycles. The third-order valence-corrected chi connectivity index (χ3v) is 2.94. The van der Waals surface area contributed by atoms with Crippen molar-refractivity contribution in [3.05, 3.63) is 70.7 Å². The Morgan fingerprint density at radius 2 is 2.00 bits per heavy atom. The van der Waals surface area contributed by atoms with E-state index in [0.29, 0.717) is 11.3 Å². The summed E-state index contributed by atoms with van der Waals surface area (Å²) >= 11 is 0. The van der Waals surface area contributed by atoms with E-state index in [1.165, 1.54) is 12.1 Å². The number of pyridine rings is 1. The minimum Gasteiger partial charge on any atom is -0.450 e.